The minimum atomic E-state index is -4.52. The monoisotopic (exact) mass is 352 g/mol. The van der Waals surface area contributed by atoms with Crippen LogP contribution >= 0.6 is 0 Å². The van der Waals surface area contributed by atoms with Crippen molar-refractivity contribution >= 4 is 5.91 Å². The Kier molecular flexibility index (Phi) is 4.80. The topological polar surface area (TPSA) is 58.9 Å². The quantitative estimate of drug-likeness (QED) is 0.893. The molecule has 2 unspecified atom stereocenters. The van der Waals surface area contributed by atoms with E-state index in [1.54, 1.807) is 12.1 Å². The van der Waals surface area contributed by atoms with Crippen LogP contribution in [0.15, 0.2) is 36.5 Å². The van der Waals surface area contributed by atoms with Crippen molar-refractivity contribution in [2.75, 3.05) is 6.54 Å². The van der Waals surface area contributed by atoms with Crippen molar-refractivity contribution < 1.29 is 18.0 Å². The average molecular weight is 352 g/mol. The van der Waals surface area contributed by atoms with Gasteiger partial charge in [0.05, 0.1) is 11.9 Å². The van der Waals surface area contributed by atoms with E-state index in [0.717, 1.165) is 36.3 Å². The fourth-order valence-electron chi connectivity index (χ4n) is 3.00. The Bertz CT molecular complexity index is 756. The Balaban J connectivity index is 1.82. The summed E-state index contributed by atoms with van der Waals surface area (Å²) in [5.74, 6) is -0.303. The van der Waals surface area contributed by atoms with Crippen molar-refractivity contribution in [1.29, 1.82) is 0 Å². The second-order valence-electron chi connectivity index (χ2n) is 6.14. The highest BCUT2D eigenvalue weighted by Crippen LogP contribution is 2.30. The fourth-order valence-corrected chi connectivity index (χ4v) is 3.00. The normalized spacial score (nSPS) is 21.1. The van der Waals surface area contributed by atoms with Crippen LogP contribution in [0, 0.1) is 0 Å². The van der Waals surface area contributed by atoms with Crippen LogP contribution in [-0.4, -0.2) is 34.3 Å². The number of amides is 1. The van der Waals surface area contributed by atoms with E-state index in [4.69, 9.17) is 0 Å². The molecule has 2 N–H and O–H groups in total. The molecule has 1 aliphatic heterocycles. The molecule has 1 saturated heterocycles. The molecular weight excluding hydrogens is 333 g/mol. The Hall–Kier alpha value is -2.35. The molecule has 1 aromatic carbocycles. The Morgan fingerprint density at radius 1 is 1.36 bits per heavy atom. The maximum Gasteiger partial charge on any atom is 0.433 e. The summed E-state index contributed by atoms with van der Waals surface area (Å²) in [6.07, 6.45) is -1.59. The SMILES string of the molecule is CC1NCCCC1NC(=O)c1cccc(-n2nccc2C(F)(F)F)c1. The summed E-state index contributed by atoms with van der Waals surface area (Å²) in [5.41, 5.74) is -0.381. The van der Waals surface area contributed by atoms with E-state index in [1.807, 2.05) is 6.92 Å². The lowest BCUT2D eigenvalue weighted by atomic mass is 9.99. The van der Waals surface area contributed by atoms with E-state index in [2.05, 4.69) is 15.7 Å². The third-order valence-corrected chi connectivity index (χ3v) is 4.36. The van der Waals surface area contributed by atoms with E-state index in [0.29, 0.717) is 5.56 Å². The fraction of sp³-hybridized carbons (Fsp3) is 0.412. The summed E-state index contributed by atoms with van der Waals surface area (Å²) < 4.78 is 39.9. The standard InChI is InChI=1S/C17H19F3N4O/c1-11-14(6-3-8-21-11)23-16(25)12-4-2-5-13(10-12)24-15(7-9-22-24)17(18,19)20/h2,4-5,7,9-11,14,21H,3,6,8H2,1H3,(H,23,25). The first kappa shape index (κ1) is 17.5. The van der Waals surface area contributed by atoms with Gasteiger partial charge in [-0.3, -0.25) is 4.79 Å². The zero-order valence-electron chi connectivity index (χ0n) is 13.7. The van der Waals surface area contributed by atoms with E-state index in [9.17, 15) is 18.0 Å². The summed E-state index contributed by atoms with van der Waals surface area (Å²) in [7, 11) is 0. The maximum atomic E-state index is 13.0. The maximum absolute atomic E-state index is 13.0. The van der Waals surface area contributed by atoms with Crippen molar-refractivity contribution in [2.24, 2.45) is 0 Å². The predicted octanol–water partition coefficient (Wildman–Crippen LogP) is 2.76. The molecular formula is C17H19F3N4O. The molecule has 1 amide bonds. The molecule has 3 rings (SSSR count). The molecule has 2 atom stereocenters. The first-order chi connectivity index (χ1) is 11.9. The third-order valence-electron chi connectivity index (χ3n) is 4.36. The second-order valence-corrected chi connectivity index (χ2v) is 6.14. The molecule has 25 heavy (non-hydrogen) atoms. The number of hydrogen-bond acceptors (Lipinski definition) is 3. The van der Waals surface area contributed by atoms with Crippen LogP contribution in [0.2, 0.25) is 0 Å². The van der Waals surface area contributed by atoms with Crippen molar-refractivity contribution in [3.8, 4) is 5.69 Å². The molecule has 1 aromatic heterocycles. The van der Waals surface area contributed by atoms with Gasteiger partial charge < -0.3 is 10.6 Å². The van der Waals surface area contributed by atoms with Crippen LogP contribution in [0.3, 0.4) is 0 Å². The summed E-state index contributed by atoms with van der Waals surface area (Å²) in [6, 6.07) is 7.10. The molecule has 5 nitrogen and oxygen atoms in total. The minimum Gasteiger partial charge on any atom is -0.348 e. The van der Waals surface area contributed by atoms with E-state index < -0.39 is 11.9 Å². The van der Waals surface area contributed by atoms with Gasteiger partial charge >= 0.3 is 6.18 Å². The predicted molar refractivity (Wildman–Crippen MR) is 86.5 cm³/mol. The van der Waals surface area contributed by atoms with Gasteiger partial charge in [-0.2, -0.15) is 18.3 Å². The highest BCUT2D eigenvalue weighted by atomic mass is 19.4. The smallest absolute Gasteiger partial charge is 0.348 e. The van der Waals surface area contributed by atoms with Crippen molar-refractivity contribution in [3.05, 3.63) is 47.8 Å². The molecule has 0 saturated carbocycles. The van der Waals surface area contributed by atoms with Gasteiger partial charge in [-0.1, -0.05) is 6.07 Å². The number of carbonyl (C=O) groups is 1. The van der Waals surface area contributed by atoms with Crippen LogP contribution in [0.4, 0.5) is 13.2 Å². The van der Waals surface area contributed by atoms with Crippen molar-refractivity contribution in [1.82, 2.24) is 20.4 Å². The number of halogens is 3. The Labute approximate surface area is 143 Å². The largest absolute Gasteiger partial charge is 0.433 e. The zero-order chi connectivity index (χ0) is 18.0. The molecule has 0 radical (unpaired) electrons. The number of aromatic nitrogens is 2. The second kappa shape index (κ2) is 6.87. The first-order valence-corrected chi connectivity index (χ1v) is 8.12. The van der Waals surface area contributed by atoms with Gasteiger partial charge in [0.1, 0.15) is 5.69 Å². The molecule has 8 heteroatoms. The zero-order valence-corrected chi connectivity index (χ0v) is 13.7. The summed E-state index contributed by atoms with van der Waals surface area (Å²) in [6.45, 7) is 2.92. The Morgan fingerprint density at radius 2 is 2.16 bits per heavy atom. The number of nitrogens with one attached hydrogen (secondary N) is 2. The molecule has 1 aliphatic rings. The number of hydrogen-bond donors (Lipinski definition) is 2. The van der Waals surface area contributed by atoms with Crippen LogP contribution in [0.25, 0.3) is 5.69 Å². The molecule has 134 valence electrons. The van der Waals surface area contributed by atoms with Gasteiger partial charge in [0.2, 0.25) is 0 Å². The summed E-state index contributed by atoms with van der Waals surface area (Å²) >= 11 is 0. The van der Waals surface area contributed by atoms with E-state index >= 15 is 0 Å². The van der Waals surface area contributed by atoms with Crippen LogP contribution < -0.4 is 10.6 Å². The van der Waals surface area contributed by atoms with Gasteiger partial charge in [-0.15, -0.1) is 0 Å². The first-order valence-electron chi connectivity index (χ1n) is 8.12. The van der Waals surface area contributed by atoms with Crippen LogP contribution in [-0.2, 0) is 6.18 Å². The number of benzene rings is 1. The van der Waals surface area contributed by atoms with Gasteiger partial charge in [0.25, 0.3) is 5.91 Å². The lowest BCUT2D eigenvalue weighted by molar-refractivity contribution is -0.142. The molecule has 2 aromatic rings. The lowest BCUT2D eigenvalue weighted by Gasteiger charge is -2.30. The van der Waals surface area contributed by atoms with Crippen LogP contribution in [0.5, 0.6) is 0 Å². The summed E-state index contributed by atoms with van der Waals surface area (Å²) in [5, 5.41) is 9.98. The number of carbonyl (C=O) groups excluding carboxylic acids is 1. The highest BCUT2D eigenvalue weighted by molar-refractivity contribution is 5.95. The van der Waals surface area contributed by atoms with Crippen molar-refractivity contribution in [2.45, 2.75) is 38.0 Å². The van der Waals surface area contributed by atoms with Gasteiger partial charge in [-0.05, 0) is 50.6 Å². The number of nitrogens with zero attached hydrogens (tertiary/aromatic N) is 2. The third kappa shape index (κ3) is 3.84. The lowest BCUT2D eigenvalue weighted by Crippen LogP contribution is -2.51. The summed E-state index contributed by atoms with van der Waals surface area (Å²) in [4.78, 5) is 12.5. The number of piperidine rings is 1. The minimum absolute atomic E-state index is 0.000320. The van der Waals surface area contributed by atoms with Gasteiger partial charge in [0, 0.05) is 17.6 Å². The number of rotatable bonds is 3. The van der Waals surface area contributed by atoms with Crippen LogP contribution in [0.1, 0.15) is 35.8 Å². The highest BCUT2D eigenvalue weighted by Gasteiger charge is 2.35. The van der Waals surface area contributed by atoms with Gasteiger partial charge in [-0.25, -0.2) is 4.68 Å². The Morgan fingerprint density at radius 3 is 2.88 bits per heavy atom. The molecule has 0 bridgehead atoms. The molecule has 0 spiro atoms. The molecule has 0 aliphatic carbocycles. The number of alkyl halides is 3. The van der Waals surface area contributed by atoms with E-state index in [-0.39, 0.29) is 23.7 Å². The van der Waals surface area contributed by atoms with Crippen molar-refractivity contribution in [3.63, 3.8) is 0 Å². The average Bonchev–Trinajstić information content (AvgIpc) is 3.07. The molecule has 2 heterocycles. The molecule has 1 fully saturated rings. The van der Waals surface area contributed by atoms with E-state index in [1.165, 1.54) is 12.1 Å². The van der Waals surface area contributed by atoms with Gasteiger partial charge in [0.15, 0.2) is 0 Å².